The number of Topliss-reactive ketones (excluding diaryl/α,β-unsaturated/α-hetero) is 3. The van der Waals surface area contributed by atoms with Crippen molar-refractivity contribution in [1.29, 1.82) is 0 Å². The van der Waals surface area contributed by atoms with E-state index in [1.165, 1.54) is 20.8 Å². The SMILES string of the molecule is CCCCCCCC(=O)C[C@@H](CCN)C(=O)N[C@H](C(=O)C[C@@H](CCN)C(=O)N[C@H]1CCNC(=O)[C@H]([C@@H](C)O)NC(=O)[C@H](CCN)NC(=O)[C@H](CCN)NC(=O)[C@H]([C@@H](C)O)NC(=O)[C@@H](CC(C)C)CC(=O)[C@H](CCN)NC1=O)[C@@H](C)O. The molecule has 27 heteroatoms. The topological polar surface area (TPSA) is 475 Å². The first kappa shape index (κ1) is 72.5. The number of nitrogens with two attached hydrogens (primary N) is 5. The maximum absolute atomic E-state index is 14.4. The Morgan fingerprint density at radius 1 is 0.588 bits per heavy atom. The molecule has 80 heavy (non-hydrogen) atoms. The molecule has 0 aliphatic carbocycles. The molecule has 0 spiro atoms. The third-order valence-electron chi connectivity index (χ3n) is 13.8. The maximum Gasteiger partial charge on any atom is 0.245 e. The Balaban J connectivity index is 3.80. The minimum atomic E-state index is -1.68. The zero-order chi connectivity index (χ0) is 60.6. The number of nitrogens with one attached hydrogen (secondary N) is 8. The summed E-state index contributed by atoms with van der Waals surface area (Å²) in [6.07, 6.45) is -1.91. The summed E-state index contributed by atoms with van der Waals surface area (Å²) in [4.78, 5) is 152. The first-order valence-electron chi connectivity index (χ1n) is 28.3. The number of carbonyl (C=O) groups excluding carboxylic acids is 11. The lowest BCUT2D eigenvalue weighted by molar-refractivity contribution is -0.138. The molecule has 0 aromatic heterocycles. The highest BCUT2D eigenvalue weighted by atomic mass is 16.3. The zero-order valence-corrected chi connectivity index (χ0v) is 47.9. The molecule has 0 unspecified atom stereocenters. The van der Waals surface area contributed by atoms with E-state index in [1.54, 1.807) is 13.8 Å². The van der Waals surface area contributed by atoms with Gasteiger partial charge in [0.1, 0.15) is 42.0 Å². The predicted octanol–water partition coefficient (Wildman–Crippen LogP) is -4.08. The largest absolute Gasteiger partial charge is 0.391 e. The van der Waals surface area contributed by atoms with E-state index in [-0.39, 0.29) is 95.8 Å². The fraction of sp³-hybridized carbons (Fsp3) is 0.792. The molecule has 1 heterocycles. The molecule has 0 aromatic carbocycles. The van der Waals surface area contributed by atoms with E-state index in [4.69, 9.17) is 28.7 Å². The Hall–Kier alpha value is -5.55. The summed E-state index contributed by atoms with van der Waals surface area (Å²) in [7, 11) is 0. The maximum atomic E-state index is 14.4. The van der Waals surface area contributed by atoms with Crippen LogP contribution in [0.2, 0.25) is 0 Å². The minimum Gasteiger partial charge on any atom is -0.391 e. The van der Waals surface area contributed by atoms with Crippen LogP contribution in [0.3, 0.4) is 0 Å². The lowest BCUT2D eigenvalue weighted by Gasteiger charge is -2.28. The normalized spacial score (nSPS) is 23.8. The number of aliphatic hydroxyl groups is 3. The van der Waals surface area contributed by atoms with Gasteiger partial charge in [0, 0.05) is 50.0 Å². The van der Waals surface area contributed by atoms with Crippen molar-refractivity contribution < 1.29 is 68.1 Å². The van der Waals surface area contributed by atoms with Gasteiger partial charge in [-0.3, -0.25) is 52.7 Å². The second-order valence-corrected chi connectivity index (χ2v) is 21.4. The molecule has 1 rings (SSSR count). The van der Waals surface area contributed by atoms with E-state index in [1.807, 2.05) is 0 Å². The molecule has 13 atom stereocenters. The predicted molar refractivity (Wildman–Crippen MR) is 297 cm³/mol. The van der Waals surface area contributed by atoms with Gasteiger partial charge in [0.15, 0.2) is 11.6 Å². The van der Waals surface area contributed by atoms with Crippen LogP contribution in [0.25, 0.3) is 0 Å². The number of carbonyl (C=O) groups is 11. The quantitative estimate of drug-likeness (QED) is 0.0304. The highest BCUT2D eigenvalue weighted by Crippen LogP contribution is 2.20. The Morgan fingerprint density at radius 2 is 1.09 bits per heavy atom. The number of ketones is 3. The van der Waals surface area contributed by atoms with E-state index >= 15 is 0 Å². The van der Waals surface area contributed by atoms with Gasteiger partial charge in [0.25, 0.3) is 0 Å². The number of hydrogen-bond acceptors (Lipinski definition) is 19. The highest BCUT2D eigenvalue weighted by molar-refractivity contribution is 5.99. The molecule has 458 valence electrons. The minimum absolute atomic E-state index is 0.0561. The Kier molecular flexibility index (Phi) is 35.3. The van der Waals surface area contributed by atoms with Crippen LogP contribution in [0.5, 0.6) is 0 Å². The van der Waals surface area contributed by atoms with Gasteiger partial charge in [0.2, 0.25) is 47.3 Å². The fourth-order valence-electron chi connectivity index (χ4n) is 9.21. The first-order chi connectivity index (χ1) is 37.8. The number of rotatable bonds is 30. The molecule has 27 nitrogen and oxygen atoms in total. The monoisotopic (exact) mass is 1140 g/mol. The summed E-state index contributed by atoms with van der Waals surface area (Å²) < 4.78 is 0. The molecular formula is C53H97N13O14. The van der Waals surface area contributed by atoms with E-state index in [0.29, 0.717) is 6.42 Å². The molecule has 0 radical (unpaired) electrons. The van der Waals surface area contributed by atoms with Crippen molar-refractivity contribution in [3.05, 3.63) is 0 Å². The molecule has 0 saturated carbocycles. The Morgan fingerprint density at radius 3 is 1.61 bits per heavy atom. The van der Waals surface area contributed by atoms with Gasteiger partial charge in [-0.05, 0) is 111 Å². The van der Waals surface area contributed by atoms with Crippen LogP contribution in [0.4, 0.5) is 0 Å². The van der Waals surface area contributed by atoms with E-state index in [2.05, 4.69) is 49.5 Å². The fourth-order valence-corrected chi connectivity index (χ4v) is 9.21. The molecular weight excluding hydrogens is 1040 g/mol. The standard InChI is InChI=1S/C53H97N13O14/c1-7-8-9-10-11-12-36(70)26-33(13-19-54)47(74)64-43(30(4)67)42(72)27-34(14-20-55)46(73)61-40-18-24-59-52(79)44(31(5)68)66-51(78)39(17-23-58)62-49(76)38(16-22-57)63-53(80)45(32(6)69)65-48(75)35(25-29(2)3)28-41(71)37(15-21-56)60-50(40)77/h29-35,37-40,43-45,67-69H,7-28,54-58H2,1-6H3,(H,59,79)(H,60,77)(H,61,73)(H,62,76)(H,63,80)(H,64,74)(H,65,75)(H,66,78)/t30-,31-,32-,33-,34-,35+,37+,38+,39+,40+,43+,44+,45+/m1/s1. The van der Waals surface area contributed by atoms with Gasteiger partial charge in [-0.25, -0.2) is 0 Å². The molecule has 1 aliphatic rings. The smallest absolute Gasteiger partial charge is 0.245 e. The molecule has 0 bridgehead atoms. The van der Waals surface area contributed by atoms with Gasteiger partial charge in [-0.15, -0.1) is 0 Å². The van der Waals surface area contributed by atoms with Crippen LogP contribution >= 0.6 is 0 Å². The third-order valence-corrected chi connectivity index (χ3v) is 13.8. The van der Waals surface area contributed by atoms with Gasteiger partial charge in [-0.2, -0.15) is 0 Å². The molecule has 1 fully saturated rings. The van der Waals surface area contributed by atoms with Crippen LogP contribution in [0, 0.1) is 23.7 Å². The summed E-state index contributed by atoms with van der Waals surface area (Å²) in [5.74, 6) is -12.4. The van der Waals surface area contributed by atoms with Crippen LogP contribution in [0.1, 0.15) is 144 Å². The molecule has 0 aromatic rings. The zero-order valence-electron chi connectivity index (χ0n) is 47.9. The van der Waals surface area contributed by atoms with E-state index < -0.39 is 163 Å². The number of aliphatic hydroxyl groups excluding tert-OH is 3. The average Bonchev–Trinajstić information content (AvgIpc) is 3.38. The summed E-state index contributed by atoms with van der Waals surface area (Å²) in [5, 5.41) is 52.3. The molecule has 1 aliphatic heterocycles. The van der Waals surface area contributed by atoms with Crippen molar-refractivity contribution >= 4 is 64.6 Å². The van der Waals surface area contributed by atoms with E-state index in [9.17, 15) is 68.1 Å². The van der Waals surface area contributed by atoms with Crippen LogP contribution in [-0.2, 0) is 52.7 Å². The van der Waals surface area contributed by atoms with Crippen molar-refractivity contribution in [2.45, 2.75) is 205 Å². The Labute approximate surface area is 470 Å². The van der Waals surface area contributed by atoms with E-state index in [0.717, 1.165) is 25.7 Å². The summed E-state index contributed by atoms with van der Waals surface area (Å²) in [6.45, 7) is 8.29. The van der Waals surface area contributed by atoms with Crippen molar-refractivity contribution in [1.82, 2.24) is 42.5 Å². The second-order valence-electron chi connectivity index (χ2n) is 21.4. The molecule has 1 saturated heterocycles. The number of hydrogen-bond donors (Lipinski definition) is 16. The second kappa shape index (κ2) is 39.0. The third kappa shape index (κ3) is 26.4. The highest BCUT2D eigenvalue weighted by Gasteiger charge is 2.38. The summed E-state index contributed by atoms with van der Waals surface area (Å²) in [5.41, 5.74) is 29.2. The van der Waals surface area contributed by atoms with Crippen molar-refractivity contribution in [2.75, 3.05) is 39.3 Å². The lowest BCUT2D eigenvalue weighted by atomic mass is 9.88. The van der Waals surface area contributed by atoms with Gasteiger partial charge < -0.3 is 86.5 Å². The van der Waals surface area contributed by atoms with Crippen LogP contribution in [0.15, 0.2) is 0 Å². The molecule has 8 amide bonds. The van der Waals surface area contributed by atoms with Gasteiger partial charge >= 0.3 is 0 Å². The van der Waals surface area contributed by atoms with Gasteiger partial charge in [0.05, 0.1) is 24.4 Å². The van der Waals surface area contributed by atoms with Gasteiger partial charge in [-0.1, -0.05) is 46.5 Å². The lowest BCUT2D eigenvalue weighted by Crippen LogP contribution is -2.61. The molecule has 21 N–H and O–H groups in total. The summed E-state index contributed by atoms with van der Waals surface area (Å²) in [6, 6.07) is -10.8. The van der Waals surface area contributed by atoms with Crippen LogP contribution in [-0.4, -0.2) is 180 Å². The Bertz CT molecular complexity index is 2010. The number of unbranched alkanes of at least 4 members (excludes halogenated alkanes) is 4. The first-order valence-corrected chi connectivity index (χ1v) is 28.3. The van der Waals surface area contributed by atoms with Crippen molar-refractivity contribution in [3.8, 4) is 0 Å². The summed E-state index contributed by atoms with van der Waals surface area (Å²) >= 11 is 0. The van der Waals surface area contributed by atoms with Crippen molar-refractivity contribution in [3.63, 3.8) is 0 Å². The van der Waals surface area contributed by atoms with Crippen LogP contribution < -0.4 is 71.2 Å². The average molecular weight is 1140 g/mol. The number of amides is 8. The van der Waals surface area contributed by atoms with Crippen molar-refractivity contribution in [2.24, 2.45) is 52.3 Å².